The first kappa shape index (κ1) is 16.5. The van der Waals surface area contributed by atoms with Crippen LogP contribution in [0.2, 0.25) is 0 Å². The van der Waals surface area contributed by atoms with Gasteiger partial charge in [-0.25, -0.2) is 4.39 Å². The quantitative estimate of drug-likeness (QED) is 0.529. The third-order valence-corrected chi connectivity index (χ3v) is 4.58. The Labute approximate surface area is 147 Å². The van der Waals surface area contributed by atoms with E-state index in [1.807, 2.05) is 18.2 Å². The molecule has 0 aliphatic carbocycles. The number of hydrogen-bond acceptors (Lipinski definition) is 2. The maximum atomic E-state index is 13.7. The molecule has 6 heteroatoms. The van der Waals surface area contributed by atoms with Crippen LogP contribution in [0.4, 0.5) is 4.39 Å². The van der Waals surface area contributed by atoms with Gasteiger partial charge in [0.25, 0.3) is 0 Å². The van der Waals surface area contributed by atoms with Gasteiger partial charge in [0.2, 0.25) is 0 Å². The Hall–Kier alpha value is -0.900. The Balaban J connectivity index is 2.23. The van der Waals surface area contributed by atoms with Crippen molar-refractivity contribution < 1.29 is 9.13 Å². The predicted molar refractivity (Wildman–Crippen MR) is 89.9 cm³/mol. The number of nitrogens with zero attached hydrogens (tertiary/aromatic N) is 1. The van der Waals surface area contributed by atoms with E-state index in [9.17, 15) is 4.39 Å². The molecule has 0 aromatic heterocycles. The standard InChI is InChI=1S/C15H9Br3FNO/c16-6-10-4-12(17)15(13(18)5-10)21-8-11-3-9(7-20)1-2-14(11)19/h1-5H,6,8H2. The van der Waals surface area contributed by atoms with E-state index in [-0.39, 0.29) is 6.61 Å². The molecule has 0 saturated carbocycles. The van der Waals surface area contributed by atoms with Crippen LogP contribution in [-0.2, 0) is 11.9 Å². The summed E-state index contributed by atoms with van der Waals surface area (Å²) in [5.41, 5.74) is 1.83. The van der Waals surface area contributed by atoms with Gasteiger partial charge in [-0.15, -0.1) is 0 Å². The van der Waals surface area contributed by atoms with E-state index in [2.05, 4.69) is 47.8 Å². The molecule has 21 heavy (non-hydrogen) atoms. The smallest absolute Gasteiger partial charge is 0.148 e. The van der Waals surface area contributed by atoms with Crippen LogP contribution in [-0.4, -0.2) is 0 Å². The van der Waals surface area contributed by atoms with Crippen molar-refractivity contribution >= 4 is 47.8 Å². The molecule has 0 N–H and O–H groups in total. The second-order valence-electron chi connectivity index (χ2n) is 4.23. The van der Waals surface area contributed by atoms with E-state index >= 15 is 0 Å². The Morgan fingerprint density at radius 1 is 1.14 bits per heavy atom. The van der Waals surface area contributed by atoms with Crippen LogP contribution in [0, 0.1) is 17.1 Å². The highest BCUT2D eigenvalue weighted by Gasteiger charge is 2.11. The molecule has 0 heterocycles. The van der Waals surface area contributed by atoms with Gasteiger partial charge in [-0.05, 0) is 67.8 Å². The highest BCUT2D eigenvalue weighted by molar-refractivity contribution is 9.11. The molecule has 2 aromatic carbocycles. The fourth-order valence-corrected chi connectivity index (χ4v) is 3.57. The third-order valence-electron chi connectivity index (χ3n) is 2.76. The number of hydrogen-bond donors (Lipinski definition) is 0. The first-order chi connectivity index (χ1) is 10.0. The fraction of sp³-hybridized carbons (Fsp3) is 0.133. The molecule has 0 aliphatic heterocycles. The lowest BCUT2D eigenvalue weighted by Crippen LogP contribution is -2.00. The van der Waals surface area contributed by atoms with Crippen LogP contribution in [0.1, 0.15) is 16.7 Å². The highest BCUT2D eigenvalue weighted by Crippen LogP contribution is 2.36. The first-order valence-electron chi connectivity index (χ1n) is 5.90. The molecule has 2 nitrogen and oxygen atoms in total. The van der Waals surface area contributed by atoms with Gasteiger partial charge in [0.15, 0.2) is 0 Å². The molecule has 0 atom stereocenters. The van der Waals surface area contributed by atoms with E-state index in [0.717, 1.165) is 19.8 Å². The van der Waals surface area contributed by atoms with Crippen LogP contribution in [0.3, 0.4) is 0 Å². The van der Waals surface area contributed by atoms with Gasteiger partial charge in [-0.2, -0.15) is 5.26 Å². The molecule has 2 rings (SSSR count). The van der Waals surface area contributed by atoms with Crippen molar-refractivity contribution in [2.45, 2.75) is 11.9 Å². The minimum absolute atomic E-state index is 0.0478. The van der Waals surface area contributed by atoms with Crippen LogP contribution < -0.4 is 4.74 Å². The van der Waals surface area contributed by atoms with E-state index in [4.69, 9.17) is 10.00 Å². The Kier molecular flexibility index (Phi) is 5.80. The zero-order valence-corrected chi connectivity index (χ0v) is 15.4. The van der Waals surface area contributed by atoms with Crippen LogP contribution >= 0.6 is 47.8 Å². The zero-order chi connectivity index (χ0) is 15.4. The van der Waals surface area contributed by atoms with Crippen LogP contribution in [0.5, 0.6) is 5.75 Å². The molecule has 0 fully saturated rings. The number of nitriles is 1. The van der Waals surface area contributed by atoms with Gasteiger partial charge in [0.05, 0.1) is 20.6 Å². The number of ether oxygens (including phenoxy) is 1. The minimum atomic E-state index is -0.390. The molecular weight excluding hydrogens is 469 g/mol. The van der Waals surface area contributed by atoms with Crippen LogP contribution in [0.15, 0.2) is 39.3 Å². The second kappa shape index (κ2) is 7.39. The first-order valence-corrected chi connectivity index (χ1v) is 8.61. The number of alkyl halides is 1. The summed E-state index contributed by atoms with van der Waals surface area (Å²) in [6.45, 7) is 0.0478. The molecule has 0 radical (unpaired) electrons. The van der Waals surface area contributed by atoms with Gasteiger partial charge in [0, 0.05) is 10.9 Å². The topological polar surface area (TPSA) is 33.0 Å². The monoisotopic (exact) mass is 475 g/mol. The molecule has 0 spiro atoms. The van der Waals surface area contributed by atoms with Crippen molar-refractivity contribution in [3.8, 4) is 11.8 Å². The maximum absolute atomic E-state index is 13.7. The zero-order valence-electron chi connectivity index (χ0n) is 10.7. The largest absolute Gasteiger partial charge is 0.486 e. The maximum Gasteiger partial charge on any atom is 0.148 e. The average molecular weight is 478 g/mol. The van der Waals surface area contributed by atoms with Crippen molar-refractivity contribution in [2.75, 3.05) is 0 Å². The number of benzene rings is 2. The lowest BCUT2D eigenvalue weighted by molar-refractivity contribution is 0.296. The lowest BCUT2D eigenvalue weighted by Gasteiger charge is -2.12. The third kappa shape index (κ3) is 4.06. The normalized spacial score (nSPS) is 10.2. The molecule has 0 amide bonds. The number of rotatable bonds is 4. The molecule has 0 unspecified atom stereocenters. The summed E-state index contributed by atoms with van der Waals surface area (Å²) < 4.78 is 20.9. The van der Waals surface area contributed by atoms with Crippen molar-refractivity contribution in [1.82, 2.24) is 0 Å². The molecular formula is C15H9Br3FNO. The Morgan fingerprint density at radius 2 is 1.81 bits per heavy atom. The average Bonchev–Trinajstić information content (AvgIpc) is 2.47. The SMILES string of the molecule is N#Cc1ccc(F)c(COc2c(Br)cc(CBr)cc2Br)c1. The summed E-state index contributed by atoms with van der Waals surface area (Å²) in [5, 5.41) is 9.58. The Bertz CT molecular complexity index is 690. The second-order valence-corrected chi connectivity index (χ2v) is 6.50. The van der Waals surface area contributed by atoms with E-state index in [0.29, 0.717) is 16.9 Å². The highest BCUT2D eigenvalue weighted by atomic mass is 79.9. The van der Waals surface area contributed by atoms with E-state index in [1.165, 1.54) is 18.2 Å². The van der Waals surface area contributed by atoms with Gasteiger partial charge in [-0.1, -0.05) is 15.9 Å². The summed E-state index contributed by atoms with van der Waals surface area (Å²) in [7, 11) is 0. The van der Waals surface area contributed by atoms with Gasteiger partial charge >= 0.3 is 0 Å². The van der Waals surface area contributed by atoms with Crippen LogP contribution in [0.25, 0.3) is 0 Å². The van der Waals surface area contributed by atoms with Gasteiger partial charge < -0.3 is 4.74 Å². The number of halogens is 4. The molecule has 0 saturated heterocycles. The summed E-state index contributed by atoms with van der Waals surface area (Å²) >= 11 is 10.3. The Morgan fingerprint density at radius 3 is 2.38 bits per heavy atom. The predicted octanol–water partition coefficient (Wildman–Crippen LogP) is 5.70. The molecule has 0 bridgehead atoms. The molecule has 108 valence electrons. The van der Waals surface area contributed by atoms with Crippen molar-refractivity contribution in [3.05, 3.63) is 61.8 Å². The van der Waals surface area contributed by atoms with E-state index < -0.39 is 5.82 Å². The van der Waals surface area contributed by atoms with Gasteiger partial charge in [-0.3, -0.25) is 0 Å². The summed E-state index contributed by atoms with van der Waals surface area (Å²) in [5.74, 6) is 0.208. The summed E-state index contributed by atoms with van der Waals surface area (Å²) in [6, 6.07) is 10.0. The molecule has 2 aromatic rings. The van der Waals surface area contributed by atoms with Crippen molar-refractivity contribution in [1.29, 1.82) is 5.26 Å². The van der Waals surface area contributed by atoms with Gasteiger partial charge in [0.1, 0.15) is 18.2 Å². The summed E-state index contributed by atoms with van der Waals surface area (Å²) in [6.07, 6.45) is 0. The van der Waals surface area contributed by atoms with Crippen molar-refractivity contribution in [3.63, 3.8) is 0 Å². The van der Waals surface area contributed by atoms with E-state index in [1.54, 1.807) is 0 Å². The molecule has 0 aliphatic rings. The lowest BCUT2D eigenvalue weighted by atomic mass is 10.1. The summed E-state index contributed by atoms with van der Waals surface area (Å²) in [4.78, 5) is 0. The fourth-order valence-electron chi connectivity index (χ4n) is 1.73. The van der Waals surface area contributed by atoms with Crippen molar-refractivity contribution in [2.24, 2.45) is 0 Å². The minimum Gasteiger partial charge on any atom is -0.486 e.